The molecule has 0 spiro atoms. The lowest BCUT2D eigenvalue weighted by atomic mass is 10.1. The zero-order valence-corrected chi connectivity index (χ0v) is 11.6. The summed E-state index contributed by atoms with van der Waals surface area (Å²) < 4.78 is 1.41. The van der Waals surface area contributed by atoms with Crippen LogP contribution in [0.3, 0.4) is 0 Å². The van der Waals surface area contributed by atoms with E-state index in [1.165, 1.54) is 4.57 Å². The van der Waals surface area contributed by atoms with E-state index in [9.17, 15) is 14.7 Å². The van der Waals surface area contributed by atoms with Gasteiger partial charge in [-0.05, 0) is 23.8 Å². The van der Waals surface area contributed by atoms with Crippen molar-refractivity contribution in [1.82, 2.24) is 9.55 Å². The topological polar surface area (TPSA) is 98.2 Å². The molecule has 1 aromatic carbocycles. The van der Waals surface area contributed by atoms with E-state index in [4.69, 9.17) is 5.73 Å². The van der Waals surface area contributed by atoms with Crippen LogP contribution in [-0.2, 0) is 6.54 Å². The molecule has 0 radical (unpaired) electrons. The Labute approximate surface area is 125 Å². The number of nitrogens with two attached hydrogens (primary N) is 1. The van der Waals surface area contributed by atoms with Gasteiger partial charge in [0.15, 0.2) is 0 Å². The van der Waals surface area contributed by atoms with Crippen molar-refractivity contribution in [2.45, 2.75) is 6.54 Å². The number of hydrogen-bond acceptors (Lipinski definition) is 4. The molecule has 2 aromatic heterocycles. The Bertz CT molecular complexity index is 917. The summed E-state index contributed by atoms with van der Waals surface area (Å²) in [5, 5.41) is 10.6. The quantitative estimate of drug-likeness (QED) is 0.759. The predicted octanol–water partition coefficient (Wildman–Crippen LogP) is 1.25. The molecule has 6 heteroatoms. The molecule has 3 rings (SSSR count). The highest BCUT2D eigenvalue weighted by Crippen LogP contribution is 2.26. The Morgan fingerprint density at radius 2 is 2.00 bits per heavy atom. The molecule has 0 aliphatic rings. The molecular weight excluding hydrogens is 282 g/mol. The third kappa shape index (κ3) is 2.20. The third-order valence-corrected chi connectivity index (χ3v) is 3.46. The fraction of sp³-hybridized carbons (Fsp3) is 0.0625. The van der Waals surface area contributed by atoms with E-state index in [2.05, 4.69) is 4.98 Å². The number of aromatic nitrogens is 2. The van der Waals surface area contributed by atoms with Crippen LogP contribution < -0.4 is 11.3 Å². The highest BCUT2D eigenvalue weighted by Gasteiger charge is 2.20. The summed E-state index contributed by atoms with van der Waals surface area (Å²) in [5.41, 5.74) is 5.55. The maximum absolute atomic E-state index is 12.5. The maximum atomic E-state index is 12.5. The van der Waals surface area contributed by atoms with Crippen LogP contribution in [0.25, 0.3) is 10.9 Å². The summed E-state index contributed by atoms with van der Waals surface area (Å²) in [6, 6.07) is 10.4. The predicted molar refractivity (Wildman–Crippen MR) is 81.7 cm³/mol. The van der Waals surface area contributed by atoms with Gasteiger partial charge in [-0.15, -0.1) is 0 Å². The molecule has 0 fully saturated rings. The lowest BCUT2D eigenvalue weighted by Crippen LogP contribution is -2.30. The van der Waals surface area contributed by atoms with Crippen LogP contribution in [0.5, 0.6) is 5.75 Å². The van der Waals surface area contributed by atoms with E-state index in [0.29, 0.717) is 10.9 Å². The minimum absolute atomic E-state index is 0.230. The minimum atomic E-state index is -0.951. The molecular formula is C16H13N3O3. The fourth-order valence-electron chi connectivity index (χ4n) is 2.44. The van der Waals surface area contributed by atoms with Gasteiger partial charge in [-0.2, -0.15) is 0 Å². The van der Waals surface area contributed by atoms with Crippen molar-refractivity contribution >= 4 is 16.8 Å². The van der Waals surface area contributed by atoms with E-state index in [-0.39, 0.29) is 12.3 Å². The maximum Gasteiger partial charge on any atom is 0.268 e. The SMILES string of the molecule is NC(=O)c1c(O)c2ccccc2n(Cc2cccnc2)c1=O. The second-order valence-corrected chi connectivity index (χ2v) is 4.86. The number of benzene rings is 1. The van der Waals surface area contributed by atoms with E-state index >= 15 is 0 Å². The van der Waals surface area contributed by atoms with Crippen molar-refractivity contribution in [3.05, 3.63) is 70.3 Å². The number of nitrogens with zero attached hydrogens (tertiary/aromatic N) is 2. The monoisotopic (exact) mass is 295 g/mol. The van der Waals surface area contributed by atoms with Crippen LogP contribution in [0.2, 0.25) is 0 Å². The largest absolute Gasteiger partial charge is 0.506 e. The molecule has 0 aliphatic carbocycles. The van der Waals surface area contributed by atoms with Gasteiger partial charge in [-0.3, -0.25) is 14.6 Å². The Morgan fingerprint density at radius 1 is 1.23 bits per heavy atom. The van der Waals surface area contributed by atoms with Crippen molar-refractivity contribution in [3.63, 3.8) is 0 Å². The summed E-state index contributed by atoms with van der Waals surface area (Å²) >= 11 is 0. The van der Waals surface area contributed by atoms with Gasteiger partial charge in [-0.25, -0.2) is 0 Å². The number of carbonyl (C=O) groups is 1. The molecule has 0 aliphatic heterocycles. The van der Waals surface area contributed by atoms with Crippen LogP contribution in [0.15, 0.2) is 53.6 Å². The van der Waals surface area contributed by atoms with E-state index < -0.39 is 17.0 Å². The molecule has 3 N–H and O–H groups in total. The molecule has 110 valence electrons. The lowest BCUT2D eigenvalue weighted by molar-refractivity contribution is 0.0996. The zero-order valence-electron chi connectivity index (χ0n) is 11.6. The normalized spacial score (nSPS) is 10.7. The van der Waals surface area contributed by atoms with Gasteiger partial charge in [0.05, 0.1) is 12.1 Å². The molecule has 0 unspecified atom stereocenters. The van der Waals surface area contributed by atoms with Crippen molar-refractivity contribution in [1.29, 1.82) is 0 Å². The van der Waals surface area contributed by atoms with Crippen molar-refractivity contribution in [3.8, 4) is 5.75 Å². The summed E-state index contributed by atoms with van der Waals surface area (Å²) in [4.78, 5) is 28.1. The van der Waals surface area contributed by atoms with E-state index in [0.717, 1.165) is 5.56 Å². The van der Waals surface area contributed by atoms with Crippen molar-refractivity contribution < 1.29 is 9.90 Å². The Morgan fingerprint density at radius 3 is 2.68 bits per heavy atom. The molecule has 0 saturated heterocycles. The van der Waals surface area contributed by atoms with Gasteiger partial charge >= 0.3 is 0 Å². The van der Waals surface area contributed by atoms with Gasteiger partial charge in [0, 0.05) is 17.8 Å². The summed E-state index contributed by atoms with van der Waals surface area (Å²) in [6.45, 7) is 0.230. The number of rotatable bonds is 3. The van der Waals surface area contributed by atoms with Gasteiger partial charge < -0.3 is 15.4 Å². The van der Waals surface area contributed by atoms with Gasteiger partial charge in [-0.1, -0.05) is 18.2 Å². The summed E-state index contributed by atoms with van der Waals surface area (Å²) in [6.07, 6.45) is 3.27. The van der Waals surface area contributed by atoms with Crippen molar-refractivity contribution in [2.75, 3.05) is 0 Å². The highest BCUT2D eigenvalue weighted by molar-refractivity contribution is 6.01. The van der Waals surface area contributed by atoms with Gasteiger partial charge in [0.1, 0.15) is 11.3 Å². The highest BCUT2D eigenvalue weighted by atomic mass is 16.3. The summed E-state index contributed by atoms with van der Waals surface area (Å²) in [7, 11) is 0. The van der Waals surface area contributed by atoms with Crippen LogP contribution >= 0.6 is 0 Å². The number of amides is 1. The van der Waals surface area contributed by atoms with Crippen molar-refractivity contribution in [2.24, 2.45) is 5.73 Å². The van der Waals surface area contributed by atoms with Crippen LogP contribution in [0.1, 0.15) is 15.9 Å². The standard InChI is InChI=1S/C16H13N3O3/c17-15(21)13-14(20)11-5-1-2-6-12(11)19(16(13)22)9-10-4-3-7-18-8-10/h1-8,20H,9H2,(H2,17,21). The summed E-state index contributed by atoms with van der Waals surface area (Å²) in [5.74, 6) is -1.33. The first-order valence-electron chi connectivity index (χ1n) is 6.63. The molecule has 2 heterocycles. The average molecular weight is 295 g/mol. The molecule has 22 heavy (non-hydrogen) atoms. The number of pyridine rings is 2. The number of hydrogen-bond donors (Lipinski definition) is 2. The van der Waals surface area contributed by atoms with Gasteiger partial charge in [0.25, 0.3) is 11.5 Å². The van der Waals surface area contributed by atoms with Gasteiger partial charge in [0.2, 0.25) is 0 Å². The number of para-hydroxylation sites is 1. The first-order valence-corrected chi connectivity index (χ1v) is 6.63. The van der Waals surface area contributed by atoms with Crippen LogP contribution in [0, 0.1) is 0 Å². The molecule has 0 saturated carbocycles. The molecule has 0 bridgehead atoms. The zero-order chi connectivity index (χ0) is 15.7. The Hall–Kier alpha value is -3.15. The second-order valence-electron chi connectivity index (χ2n) is 4.86. The minimum Gasteiger partial charge on any atom is -0.506 e. The van der Waals surface area contributed by atoms with E-state index in [1.807, 2.05) is 6.07 Å². The number of primary amides is 1. The Balaban J connectivity index is 2.33. The van der Waals surface area contributed by atoms with Crippen LogP contribution in [-0.4, -0.2) is 20.6 Å². The fourth-order valence-corrected chi connectivity index (χ4v) is 2.44. The average Bonchev–Trinajstić information content (AvgIpc) is 2.52. The third-order valence-electron chi connectivity index (χ3n) is 3.46. The molecule has 0 atom stereocenters. The van der Waals surface area contributed by atoms with E-state index in [1.54, 1.807) is 42.7 Å². The molecule has 6 nitrogen and oxygen atoms in total. The Kier molecular flexibility index (Phi) is 3.34. The molecule has 3 aromatic rings. The first kappa shape index (κ1) is 13.8. The first-order chi connectivity index (χ1) is 10.6. The second kappa shape index (κ2) is 5.33. The molecule has 1 amide bonds. The smallest absolute Gasteiger partial charge is 0.268 e. The number of aromatic hydroxyl groups is 1. The number of fused-ring (bicyclic) bond motifs is 1. The number of carbonyl (C=O) groups excluding carboxylic acids is 1. The van der Waals surface area contributed by atoms with Crippen LogP contribution in [0.4, 0.5) is 0 Å². The lowest BCUT2D eigenvalue weighted by Gasteiger charge is -2.13.